The first-order valence-corrected chi connectivity index (χ1v) is 8.57. The van der Waals surface area contributed by atoms with Crippen molar-refractivity contribution in [2.24, 2.45) is 0 Å². The Morgan fingerprint density at radius 2 is 1.69 bits per heavy atom. The zero-order chi connectivity index (χ0) is 18.5. The average Bonchev–Trinajstić information content (AvgIpc) is 2.63. The third kappa shape index (κ3) is 4.51. The van der Waals surface area contributed by atoms with Crippen molar-refractivity contribution in [3.63, 3.8) is 0 Å². The van der Waals surface area contributed by atoms with E-state index in [2.05, 4.69) is 15.0 Å². The lowest BCUT2D eigenvalue weighted by Crippen LogP contribution is -2.50. The normalized spacial score (nSPS) is 14.4. The third-order valence-electron chi connectivity index (χ3n) is 4.12. The number of para-hydroxylation sites is 2. The summed E-state index contributed by atoms with van der Waals surface area (Å²) < 4.78 is 28.7. The van der Waals surface area contributed by atoms with Gasteiger partial charge in [-0.05, 0) is 48.6 Å². The summed E-state index contributed by atoms with van der Waals surface area (Å²) in [5, 5.41) is 13.6. The number of benzene rings is 2. The van der Waals surface area contributed by atoms with Crippen LogP contribution in [0.15, 0.2) is 48.5 Å². The number of hydrogen-bond acceptors (Lipinski definition) is 4. The maximum absolute atomic E-state index is 12.2. The fourth-order valence-electron chi connectivity index (χ4n) is 2.80. The van der Waals surface area contributed by atoms with Gasteiger partial charge in [0.2, 0.25) is 0 Å². The minimum Gasteiger partial charge on any atom is -0.506 e. The van der Waals surface area contributed by atoms with Crippen molar-refractivity contribution in [3.05, 3.63) is 48.5 Å². The Bertz CT molecular complexity index is 750. The topological polar surface area (TPSA) is 48.0 Å². The van der Waals surface area contributed by atoms with Crippen LogP contribution >= 0.6 is 12.2 Å². The van der Waals surface area contributed by atoms with Crippen LogP contribution in [0.4, 0.5) is 20.2 Å². The van der Waals surface area contributed by atoms with Gasteiger partial charge < -0.3 is 25.0 Å². The van der Waals surface area contributed by atoms with Gasteiger partial charge in [-0.25, -0.2) is 0 Å². The molecule has 0 aliphatic carbocycles. The molecule has 0 aromatic heterocycles. The van der Waals surface area contributed by atoms with Gasteiger partial charge in [-0.2, -0.15) is 8.78 Å². The Morgan fingerprint density at radius 3 is 2.31 bits per heavy atom. The maximum atomic E-state index is 12.2. The summed E-state index contributed by atoms with van der Waals surface area (Å²) in [5.41, 5.74) is 1.53. The number of halogens is 2. The van der Waals surface area contributed by atoms with E-state index in [0.717, 1.165) is 18.8 Å². The minimum atomic E-state index is -2.84. The molecule has 0 unspecified atom stereocenters. The Morgan fingerprint density at radius 1 is 1.04 bits per heavy atom. The van der Waals surface area contributed by atoms with Crippen molar-refractivity contribution >= 4 is 28.7 Å². The van der Waals surface area contributed by atoms with Crippen molar-refractivity contribution in [1.29, 1.82) is 0 Å². The first-order valence-electron chi connectivity index (χ1n) is 8.16. The lowest BCUT2D eigenvalue weighted by atomic mass is 10.2. The van der Waals surface area contributed by atoms with Gasteiger partial charge in [-0.15, -0.1) is 0 Å². The molecule has 138 valence electrons. The summed E-state index contributed by atoms with van der Waals surface area (Å²) in [5.74, 6) is 0.375. The van der Waals surface area contributed by atoms with Gasteiger partial charge >= 0.3 is 6.61 Å². The highest BCUT2D eigenvalue weighted by Gasteiger charge is 2.20. The summed E-state index contributed by atoms with van der Waals surface area (Å²) in [6, 6.07) is 13.5. The number of rotatable bonds is 4. The second-order valence-corrected chi connectivity index (χ2v) is 6.18. The highest BCUT2D eigenvalue weighted by atomic mass is 32.1. The molecule has 1 fully saturated rings. The van der Waals surface area contributed by atoms with Gasteiger partial charge in [0.25, 0.3) is 0 Å². The van der Waals surface area contributed by atoms with Gasteiger partial charge in [0.05, 0.1) is 5.69 Å². The van der Waals surface area contributed by atoms with E-state index in [9.17, 15) is 13.9 Å². The van der Waals surface area contributed by atoms with Gasteiger partial charge in [0.1, 0.15) is 11.5 Å². The van der Waals surface area contributed by atoms with Crippen molar-refractivity contribution < 1.29 is 18.6 Å². The molecule has 0 spiro atoms. The second kappa shape index (κ2) is 8.18. The van der Waals surface area contributed by atoms with E-state index in [-0.39, 0.29) is 11.5 Å². The summed E-state index contributed by atoms with van der Waals surface area (Å²) in [6.07, 6.45) is 0. The fourth-order valence-corrected chi connectivity index (χ4v) is 3.10. The Kier molecular flexibility index (Phi) is 5.72. The lowest BCUT2D eigenvalue weighted by molar-refractivity contribution is -0.0498. The zero-order valence-electron chi connectivity index (χ0n) is 13.9. The number of thiocarbonyl (C=S) groups is 1. The number of ether oxygens (including phenoxy) is 1. The molecule has 2 aromatic carbocycles. The lowest BCUT2D eigenvalue weighted by Gasteiger charge is -2.37. The summed E-state index contributed by atoms with van der Waals surface area (Å²) in [7, 11) is 0. The van der Waals surface area contributed by atoms with E-state index in [4.69, 9.17) is 12.2 Å². The number of piperazine rings is 1. The molecule has 2 aromatic rings. The molecule has 0 radical (unpaired) electrons. The largest absolute Gasteiger partial charge is 0.506 e. The van der Waals surface area contributed by atoms with Gasteiger partial charge in [-0.3, -0.25) is 0 Å². The van der Waals surface area contributed by atoms with Crippen LogP contribution in [-0.2, 0) is 0 Å². The van der Waals surface area contributed by atoms with Crippen LogP contribution in [0.5, 0.6) is 11.5 Å². The predicted molar refractivity (Wildman–Crippen MR) is 101 cm³/mol. The number of nitrogens with zero attached hydrogens (tertiary/aromatic N) is 2. The molecule has 0 bridgehead atoms. The molecule has 26 heavy (non-hydrogen) atoms. The minimum absolute atomic E-state index is 0.104. The standard InChI is InChI=1S/C18H19F2N3O2S/c19-17(20)25-14-7-5-13(6-8-14)21-18(26)23-11-9-22(10-12-23)15-3-1-2-4-16(15)24/h1-8,17,24H,9-12H2,(H,21,26). The summed E-state index contributed by atoms with van der Waals surface area (Å²) in [6.45, 7) is 0.0656. The molecule has 0 saturated carbocycles. The van der Waals surface area contributed by atoms with Crippen LogP contribution in [0, 0.1) is 0 Å². The molecule has 1 aliphatic rings. The van der Waals surface area contributed by atoms with Crippen LogP contribution in [0.25, 0.3) is 0 Å². The van der Waals surface area contributed by atoms with Gasteiger partial charge in [0.15, 0.2) is 5.11 Å². The second-order valence-electron chi connectivity index (χ2n) is 5.80. The molecule has 0 atom stereocenters. The Hall–Kier alpha value is -2.61. The van der Waals surface area contributed by atoms with E-state index in [1.165, 1.54) is 12.1 Å². The molecule has 2 N–H and O–H groups in total. The van der Waals surface area contributed by atoms with E-state index in [1.54, 1.807) is 24.3 Å². The van der Waals surface area contributed by atoms with Gasteiger partial charge in [-0.1, -0.05) is 12.1 Å². The van der Waals surface area contributed by atoms with Crippen LogP contribution in [0.2, 0.25) is 0 Å². The Balaban J connectivity index is 1.53. The van der Waals surface area contributed by atoms with Crippen LogP contribution < -0.4 is 15.0 Å². The average molecular weight is 379 g/mol. The number of nitrogens with one attached hydrogen (secondary N) is 1. The number of alkyl halides is 2. The highest BCUT2D eigenvalue weighted by molar-refractivity contribution is 7.80. The van der Waals surface area contributed by atoms with Crippen molar-refractivity contribution in [2.75, 3.05) is 36.4 Å². The smallest absolute Gasteiger partial charge is 0.387 e. The fraction of sp³-hybridized carbons (Fsp3) is 0.278. The summed E-state index contributed by atoms with van der Waals surface area (Å²) >= 11 is 5.44. The predicted octanol–water partition coefficient (Wildman–Crippen LogP) is 3.51. The van der Waals surface area contributed by atoms with E-state index < -0.39 is 6.61 Å². The molecule has 8 heteroatoms. The zero-order valence-corrected chi connectivity index (χ0v) is 14.8. The SMILES string of the molecule is Oc1ccccc1N1CCN(C(=S)Nc2ccc(OC(F)F)cc2)CC1. The number of anilines is 2. The van der Waals surface area contributed by atoms with E-state index in [1.807, 2.05) is 17.0 Å². The number of phenolic OH excluding ortho intramolecular Hbond substituents is 1. The first kappa shape index (κ1) is 18.2. The molecular weight excluding hydrogens is 360 g/mol. The molecule has 0 amide bonds. The molecule has 1 saturated heterocycles. The number of hydrogen-bond donors (Lipinski definition) is 2. The number of phenols is 1. The van der Waals surface area contributed by atoms with E-state index >= 15 is 0 Å². The summed E-state index contributed by atoms with van der Waals surface area (Å²) in [4.78, 5) is 4.15. The van der Waals surface area contributed by atoms with Crippen LogP contribution in [0.1, 0.15) is 0 Å². The monoisotopic (exact) mass is 379 g/mol. The molecule has 1 heterocycles. The molecule has 1 aliphatic heterocycles. The van der Waals surface area contributed by atoms with Crippen LogP contribution in [-0.4, -0.2) is 47.9 Å². The molecule has 3 rings (SSSR count). The van der Waals surface area contributed by atoms with Crippen LogP contribution in [0.3, 0.4) is 0 Å². The Labute approximate surface area is 155 Å². The first-order chi connectivity index (χ1) is 12.5. The van der Waals surface area contributed by atoms with Crippen molar-refractivity contribution in [2.45, 2.75) is 6.61 Å². The van der Waals surface area contributed by atoms with Crippen molar-refractivity contribution in [3.8, 4) is 11.5 Å². The maximum Gasteiger partial charge on any atom is 0.387 e. The highest BCUT2D eigenvalue weighted by Crippen LogP contribution is 2.27. The van der Waals surface area contributed by atoms with Crippen molar-refractivity contribution in [1.82, 2.24) is 4.90 Å². The number of aromatic hydroxyl groups is 1. The van der Waals surface area contributed by atoms with E-state index in [0.29, 0.717) is 23.9 Å². The molecule has 5 nitrogen and oxygen atoms in total. The molecular formula is C18H19F2N3O2S. The quantitative estimate of drug-likeness (QED) is 0.793. The van der Waals surface area contributed by atoms with Gasteiger partial charge in [0, 0.05) is 31.9 Å². The third-order valence-corrected chi connectivity index (χ3v) is 4.48.